The molecule has 23 heavy (non-hydrogen) atoms. The van der Waals surface area contributed by atoms with Gasteiger partial charge in [0.15, 0.2) is 0 Å². The van der Waals surface area contributed by atoms with E-state index in [0.29, 0.717) is 12.6 Å². The number of rotatable bonds is 3. The molecule has 1 amide bonds. The summed E-state index contributed by atoms with van der Waals surface area (Å²) in [5.74, 6) is 0.134. The van der Waals surface area contributed by atoms with Gasteiger partial charge in [-0.1, -0.05) is 12.1 Å². The molecular formula is C17H26ClN3O2. The summed E-state index contributed by atoms with van der Waals surface area (Å²) in [6, 6.07) is 8.27. The van der Waals surface area contributed by atoms with Crippen LogP contribution in [0.15, 0.2) is 24.3 Å². The van der Waals surface area contributed by atoms with E-state index in [1.807, 2.05) is 29.2 Å². The molecule has 3 rings (SSSR count). The smallest absolute Gasteiger partial charge is 0.253 e. The van der Waals surface area contributed by atoms with Crippen LogP contribution in [0.5, 0.6) is 0 Å². The first-order valence-electron chi connectivity index (χ1n) is 8.18. The van der Waals surface area contributed by atoms with Gasteiger partial charge < -0.3 is 15.4 Å². The fourth-order valence-corrected chi connectivity index (χ4v) is 3.31. The topological polar surface area (TPSA) is 58.8 Å². The number of piperazine rings is 1. The highest BCUT2D eigenvalue weighted by atomic mass is 35.5. The Morgan fingerprint density at radius 2 is 1.70 bits per heavy atom. The summed E-state index contributed by atoms with van der Waals surface area (Å²) in [6.45, 7) is 5.82. The second kappa shape index (κ2) is 8.64. The summed E-state index contributed by atoms with van der Waals surface area (Å²) in [6.07, 6.45) is 2.24. The van der Waals surface area contributed by atoms with Crippen molar-refractivity contribution in [2.45, 2.75) is 25.4 Å². The van der Waals surface area contributed by atoms with Crippen LogP contribution in [-0.2, 0) is 11.3 Å². The minimum absolute atomic E-state index is 0. The Labute approximate surface area is 144 Å². The third kappa shape index (κ3) is 4.44. The lowest BCUT2D eigenvalue weighted by molar-refractivity contribution is 0.0137. The summed E-state index contributed by atoms with van der Waals surface area (Å²) in [4.78, 5) is 17.0. The number of nitrogens with two attached hydrogens (primary N) is 1. The Morgan fingerprint density at radius 3 is 2.26 bits per heavy atom. The molecule has 0 aliphatic carbocycles. The minimum Gasteiger partial charge on any atom is -0.381 e. The third-order valence-corrected chi connectivity index (χ3v) is 4.75. The second-order valence-corrected chi connectivity index (χ2v) is 6.07. The van der Waals surface area contributed by atoms with Crippen molar-refractivity contribution in [3.05, 3.63) is 35.4 Å². The number of amides is 1. The Balaban J connectivity index is 0.00000192. The van der Waals surface area contributed by atoms with Crippen molar-refractivity contribution in [2.75, 3.05) is 39.4 Å². The average molecular weight is 340 g/mol. The van der Waals surface area contributed by atoms with Gasteiger partial charge in [-0.05, 0) is 30.5 Å². The van der Waals surface area contributed by atoms with E-state index in [4.69, 9.17) is 10.5 Å². The molecule has 2 saturated heterocycles. The van der Waals surface area contributed by atoms with Crippen LogP contribution in [0.1, 0.15) is 28.8 Å². The number of ether oxygens (including phenoxy) is 1. The monoisotopic (exact) mass is 339 g/mol. The van der Waals surface area contributed by atoms with Crippen molar-refractivity contribution in [1.82, 2.24) is 9.80 Å². The van der Waals surface area contributed by atoms with E-state index in [0.717, 1.165) is 63.4 Å². The maximum Gasteiger partial charge on any atom is 0.253 e. The zero-order valence-corrected chi connectivity index (χ0v) is 14.3. The highest BCUT2D eigenvalue weighted by molar-refractivity contribution is 5.94. The van der Waals surface area contributed by atoms with Crippen LogP contribution in [0.2, 0.25) is 0 Å². The highest BCUT2D eigenvalue weighted by Gasteiger charge is 2.27. The maximum atomic E-state index is 12.5. The van der Waals surface area contributed by atoms with Crippen LogP contribution >= 0.6 is 12.4 Å². The standard InChI is InChI=1S/C17H25N3O2.ClH/c18-13-14-1-3-15(4-2-14)17(21)20-9-7-19(8-10-20)16-5-11-22-12-6-16;/h1-4,16H,5-13,18H2;1H. The molecule has 2 aliphatic heterocycles. The van der Waals surface area contributed by atoms with E-state index in [1.54, 1.807) is 0 Å². The van der Waals surface area contributed by atoms with Gasteiger partial charge in [0.25, 0.3) is 5.91 Å². The van der Waals surface area contributed by atoms with Crippen LogP contribution in [-0.4, -0.2) is 61.1 Å². The van der Waals surface area contributed by atoms with Crippen molar-refractivity contribution < 1.29 is 9.53 Å². The Bertz CT molecular complexity index is 495. The van der Waals surface area contributed by atoms with Gasteiger partial charge in [-0.3, -0.25) is 9.69 Å². The predicted octanol–water partition coefficient (Wildman–Crippen LogP) is 1.50. The van der Waals surface area contributed by atoms with E-state index in [2.05, 4.69) is 4.90 Å². The van der Waals surface area contributed by atoms with Crippen molar-refractivity contribution in [1.29, 1.82) is 0 Å². The molecule has 128 valence electrons. The quantitative estimate of drug-likeness (QED) is 0.906. The zero-order chi connectivity index (χ0) is 15.4. The first-order valence-corrected chi connectivity index (χ1v) is 8.18. The van der Waals surface area contributed by atoms with Gasteiger partial charge in [0.05, 0.1) is 0 Å². The largest absolute Gasteiger partial charge is 0.381 e. The highest BCUT2D eigenvalue weighted by Crippen LogP contribution is 2.17. The number of carbonyl (C=O) groups excluding carboxylic acids is 1. The number of halogens is 1. The van der Waals surface area contributed by atoms with Crippen LogP contribution < -0.4 is 5.73 Å². The van der Waals surface area contributed by atoms with Gasteiger partial charge in [0, 0.05) is 57.5 Å². The molecule has 2 aliphatic rings. The minimum atomic E-state index is 0. The molecule has 0 unspecified atom stereocenters. The summed E-state index contributed by atoms with van der Waals surface area (Å²) in [5.41, 5.74) is 7.41. The number of nitrogens with zero attached hydrogens (tertiary/aromatic N) is 2. The molecule has 1 aromatic rings. The second-order valence-electron chi connectivity index (χ2n) is 6.07. The van der Waals surface area contributed by atoms with Crippen molar-refractivity contribution >= 4 is 18.3 Å². The number of carbonyl (C=O) groups is 1. The van der Waals surface area contributed by atoms with Crippen LogP contribution in [0.4, 0.5) is 0 Å². The lowest BCUT2D eigenvalue weighted by Crippen LogP contribution is -2.53. The molecule has 6 heteroatoms. The van der Waals surface area contributed by atoms with Gasteiger partial charge in [-0.25, -0.2) is 0 Å². The molecule has 0 bridgehead atoms. The summed E-state index contributed by atoms with van der Waals surface area (Å²) in [7, 11) is 0. The molecule has 1 aromatic carbocycles. The van der Waals surface area contributed by atoms with Gasteiger partial charge in [-0.15, -0.1) is 12.4 Å². The van der Waals surface area contributed by atoms with Crippen molar-refractivity contribution in [2.24, 2.45) is 5.73 Å². The normalized spacial score (nSPS) is 20.1. The SMILES string of the molecule is Cl.NCc1ccc(C(=O)N2CCN(C3CCOCC3)CC2)cc1. The predicted molar refractivity (Wildman–Crippen MR) is 92.9 cm³/mol. The van der Waals surface area contributed by atoms with Gasteiger partial charge >= 0.3 is 0 Å². The van der Waals surface area contributed by atoms with Gasteiger partial charge in [-0.2, -0.15) is 0 Å². The van der Waals surface area contributed by atoms with Crippen LogP contribution in [0, 0.1) is 0 Å². The van der Waals surface area contributed by atoms with Gasteiger partial charge in [0.2, 0.25) is 0 Å². The van der Waals surface area contributed by atoms with Crippen molar-refractivity contribution in [3.8, 4) is 0 Å². The number of hydrogen-bond acceptors (Lipinski definition) is 4. The van der Waals surface area contributed by atoms with E-state index >= 15 is 0 Å². The number of hydrogen-bond donors (Lipinski definition) is 1. The molecule has 0 radical (unpaired) electrons. The van der Waals surface area contributed by atoms with E-state index in [1.165, 1.54) is 0 Å². The molecule has 2 fully saturated rings. The lowest BCUT2D eigenvalue weighted by atomic mass is 10.1. The van der Waals surface area contributed by atoms with E-state index in [-0.39, 0.29) is 18.3 Å². The summed E-state index contributed by atoms with van der Waals surface area (Å²) >= 11 is 0. The Kier molecular flexibility index (Phi) is 6.84. The molecule has 0 aromatic heterocycles. The van der Waals surface area contributed by atoms with Crippen molar-refractivity contribution in [3.63, 3.8) is 0 Å². The molecule has 0 spiro atoms. The third-order valence-electron chi connectivity index (χ3n) is 4.75. The molecule has 2 heterocycles. The first-order chi connectivity index (χ1) is 10.8. The summed E-state index contributed by atoms with van der Waals surface area (Å²) < 4.78 is 5.43. The van der Waals surface area contributed by atoms with E-state index < -0.39 is 0 Å². The molecule has 0 atom stereocenters. The molecular weight excluding hydrogens is 314 g/mol. The Morgan fingerprint density at radius 1 is 1.09 bits per heavy atom. The Hall–Kier alpha value is -1.14. The first kappa shape index (κ1) is 18.2. The fraction of sp³-hybridized carbons (Fsp3) is 0.588. The average Bonchev–Trinajstić information content (AvgIpc) is 2.62. The lowest BCUT2D eigenvalue weighted by Gasteiger charge is -2.40. The zero-order valence-electron chi connectivity index (χ0n) is 13.4. The summed E-state index contributed by atoms with van der Waals surface area (Å²) in [5, 5.41) is 0. The molecule has 5 nitrogen and oxygen atoms in total. The maximum absolute atomic E-state index is 12.5. The molecule has 0 saturated carbocycles. The number of benzene rings is 1. The fourth-order valence-electron chi connectivity index (χ4n) is 3.31. The van der Waals surface area contributed by atoms with Gasteiger partial charge in [0.1, 0.15) is 0 Å². The molecule has 2 N–H and O–H groups in total. The van der Waals surface area contributed by atoms with Crippen LogP contribution in [0.3, 0.4) is 0 Å². The van der Waals surface area contributed by atoms with Crippen LogP contribution in [0.25, 0.3) is 0 Å². The van der Waals surface area contributed by atoms with E-state index in [9.17, 15) is 4.79 Å².